The van der Waals surface area contributed by atoms with E-state index in [1.54, 1.807) is 30.7 Å². The number of benzene rings is 1. The number of aromatic nitrogens is 1. The Morgan fingerprint density at radius 1 is 1.33 bits per heavy atom. The SMILES string of the molecule is OC(c1cccnc1)c1cc(Cl)cc2c1CN=C2. The van der Waals surface area contributed by atoms with Crippen LogP contribution in [0.15, 0.2) is 41.7 Å². The molecule has 0 spiro atoms. The maximum absolute atomic E-state index is 10.4. The molecule has 0 saturated heterocycles. The molecule has 90 valence electrons. The summed E-state index contributed by atoms with van der Waals surface area (Å²) < 4.78 is 0. The second kappa shape index (κ2) is 4.52. The maximum Gasteiger partial charge on any atom is 0.106 e. The van der Waals surface area contributed by atoms with Crippen molar-refractivity contribution in [3.05, 3.63) is 63.9 Å². The average molecular weight is 259 g/mol. The van der Waals surface area contributed by atoms with E-state index in [2.05, 4.69) is 9.98 Å². The van der Waals surface area contributed by atoms with Crippen LogP contribution in [0.3, 0.4) is 0 Å². The van der Waals surface area contributed by atoms with E-state index in [1.807, 2.05) is 12.1 Å². The molecule has 1 aromatic carbocycles. The van der Waals surface area contributed by atoms with Gasteiger partial charge in [0, 0.05) is 29.2 Å². The number of fused-ring (bicyclic) bond motifs is 1. The van der Waals surface area contributed by atoms with Crippen molar-refractivity contribution in [2.24, 2.45) is 4.99 Å². The number of nitrogens with zero attached hydrogens (tertiary/aromatic N) is 2. The van der Waals surface area contributed by atoms with E-state index in [9.17, 15) is 5.11 Å². The fourth-order valence-electron chi connectivity index (χ4n) is 2.17. The minimum Gasteiger partial charge on any atom is -0.384 e. The number of aliphatic hydroxyl groups is 1. The van der Waals surface area contributed by atoms with Gasteiger partial charge in [0.2, 0.25) is 0 Å². The van der Waals surface area contributed by atoms with E-state index < -0.39 is 6.10 Å². The van der Waals surface area contributed by atoms with Crippen molar-refractivity contribution < 1.29 is 5.11 Å². The summed E-state index contributed by atoms with van der Waals surface area (Å²) in [5.41, 5.74) is 3.59. The zero-order valence-electron chi connectivity index (χ0n) is 9.55. The van der Waals surface area contributed by atoms with E-state index in [0.29, 0.717) is 11.6 Å². The quantitative estimate of drug-likeness (QED) is 0.900. The van der Waals surface area contributed by atoms with Crippen LogP contribution in [-0.4, -0.2) is 16.3 Å². The van der Waals surface area contributed by atoms with Gasteiger partial charge in [-0.3, -0.25) is 9.98 Å². The highest BCUT2D eigenvalue weighted by Crippen LogP contribution is 2.31. The molecule has 3 rings (SSSR count). The topological polar surface area (TPSA) is 45.5 Å². The monoisotopic (exact) mass is 258 g/mol. The van der Waals surface area contributed by atoms with Crippen LogP contribution in [0.4, 0.5) is 0 Å². The Balaban J connectivity index is 2.08. The van der Waals surface area contributed by atoms with E-state index >= 15 is 0 Å². The molecule has 1 aliphatic heterocycles. The lowest BCUT2D eigenvalue weighted by Gasteiger charge is -2.15. The Morgan fingerprint density at radius 3 is 3.00 bits per heavy atom. The van der Waals surface area contributed by atoms with Crippen molar-refractivity contribution in [3.8, 4) is 0 Å². The fraction of sp³-hybridized carbons (Fsp3) is 0.143. The van der Waals surface area contributed by atoms with Gasteiger partial charge in [0.25, 0.3) is 0 Å². The molecule has 0 aliphatic carbocycles. The molecule has 1 atom stereocenters. The Bertz CT molecular complexity index is 611. The van der Waals surface area contributed by atoms with E-state index in [-0.39, 0.29) is 0 Å². The van der Waals surface area contributed by atoms with Gasteiger partial charge < -0.3 is 5.11 Å². The second-order valence-electron chi connectivity index (χ2n) is 4.22. The largest absolute Gasteiger partial charge is 0.384 e. The van der Waals surface area contributed by atoms with Gasteiger partial charge in [0.15, 0.2) is 0 Å². The Kier molecular flexibility index (Phi) is 2.86. The third kappa shape index (κ3) is 1.92. The van der Waals surface area contributed by atoms with E-state index in [1.165, 1.54) is 0 Å². The van der Waals surface area contributed by atoms with Crippen LogP contribution in [0, 0.1) is 0 Å². The number of rotatable bonds is 2. The number of pyridine rings is 1. The predicted molar refractivity (Wildman–Crippen MR) is 71.0 cm³/mol. The lowest BCUT2D eigenvalue weighted by molar-refractivity contribution is 0.219. The summed E-state index contributed by atoms with van der Waals surface area (Å²) >= 11 is 6.07. The molecule has 2 heterocycles. The van der Waals surface area contributed by atoms with Crippen molar-refractivity contribution in [1.29, 1.82) is 0 Å². The first-order valence-electron chi connectivity index (χ1n) is 5.66. The van der Waals surface area contributed by atoms with Gasteiger partial charge in [-0.15, -0.1) is 0 Å². The molecule has 3 nitrogen and oxygen atoms in total. The van der Waals surface area contributed by atoms with Crippen LogP contribution >= 0.6 is 11.6 Å². The molecule has 1 N–H and O–H groups in total. The molecule has 1 unspecified atom stereocenters. The van der Waals surface area contributed by atoms with Gasteiger partial charge in [-0.1, -0.05) is 17.7 Å². The van der Waals surface area contributed by atoms with Crippen LogP contribution < -0.4 is 0 Å². The standard InChI is InChI=1S/C14H11ClN2O/c15-11-4-10-7-17-8-13(10)12(5-11)14(18)9-2-1-3-16-6-9/h1-7,14,18H,8H2. The Labute approximate surface area is 110 Å². The highest BCUT2D eigenvalue weighted by Gasteiger charge is 2.19. The van der Waals surface area contributed by atoms with Gasteiger partial charge >= 0.3 is 0 Å². The van der Waals surface area contributed by atoms with Gasteiger partial charge in [0.1, 0.15) is 6.10 Å². The van der Waals surface area contributed by atoms with Crippen molar-refractivity contribution >= 4 is 17.8 Å². The second-order valence-corrected chi connectivity index (χ2v) is 4.66. The van der Waals surface area contributed by atoms with Crippen molar-refractivity contribution in [2.75, 3.05) is 0 Å². The van der Waals surface area contributed by atoms with Crippen LogP contribution in [0.1, 0.15) is 28.4 Å². The Morgan fingerprint density at radius 2 is 2.22 bits per heavy atom. The van der Waals surface area contributed by atoms with Gasteiger partial charge in [0.05, 0.1) is 6.54 Å². The first-order chi connectivity index (χ1) is 8.75. The fourth-order valence-corrected chi connectivity index (χ4v) is 2.41. The van der Waals surface area contributed by atoms with Gasteiger partial charge in [-0.2, -0.15) is 0 Å². The predicted octanol–water partition coefficient (Wildman–Crippen LogP) is 2.75. The minimum absolute atomic E-state index is 0.596. The van der Waals surface area contributed by atoms with E-state index in [4.69, 9.17) is 11.6 Å². The van der Waals surface area contributed by atoms with Crippen molar-refractivity contribution in [2.45, 2.75) is 12.6 Å². The summed E-state index contributed by atoms with van der Waals surface area (Å²) in [5.74, 6) is 0. The lowest BCUT2D eigenvalue weighted by atomic mass is 9.95. The molecule has 4 heteroatoms. The molecular formula is C14H11ClN2O. The zero-order chi connectivity index (χ0) is 12.5. The Hall–Kier alpha value is -1.71. The van der Waals surface area contributed by atoms with Gasteiger partial charge in [-0.25, -0.2) is 0 Å². The summed E-state index contributed by atoms with van der Waals surface area (Å²) in [5, 5.41) is 11.0. The molecule has 0 saturated carbocycles. The third-order valence-corrected chi connectivity index (χ3v) is 3.28. The van der Waals surface area contributed by atoms with Crippen molar-refractivity contribution in [1.82, 2.24) is 4.98 Å². The van der Waals surface area contributed by atoms with Gasteiger partial charge in [-0.05, 0) is 34.9 Å². The van der Waals surface area contributed by atoms with E-state index in [0.717, 1.165) is 22.3 Å². The molecule has 0 amide bonds. The number of halogens is 1. The number of hydrogen-bond acceptors (Lipinski definition) is 3. The van der Waals surface area contributed by atoms with Crippen LogP contribution in [0.5, 0.6) is 0 Å². The molecular weight excluding hydrogens is 248 g/mol. The summed E-state index contributed by atoms with van der Waals surface area (Å²) in [6.07, 6.45) is 4.42. The average Bonchev–Trinajstić information content (AvgIpc) is 2.86. The first-order valence-corrected chi connectivity index (χ1v) is 6.03. The summed E-state index contributed by atoms with van der Waals surface area (Å²) in [7, 11) is 0. The summed E-state index contributed by atoms with van der Waals surface area (Å²) in [6, 6.07) is 7.32. The third-order valence-electron chi connectivity index (χ3n) is 3.06. The number of aliphatic imine (C=N–C) groups is 1. The number of aliphatic hydroxyl groups excluding tert-OH is 1. The molecule has 2 aromatic rings. The molecule has 18 heavy (non-hydrogen) atoms. The van der Waals surface area contributed by atoms with Crippen LogP contribution in [0.25, 0.3) is 0 Å². The maximum atomic E-state index is 10.4. The first kappa shape index (κ1) is 11.4. The molecule has 1 aromatic heterocycles. The smallest absolute Gasteiger partial charge is 0.106 e. The zero-order valence-corrected chi connectivity index (χ0v) is 10.3. The molecule has 0 bridgehead atoms. The summed E-state index contributed by atoms with van der Waals surface area (Å²) in [4.78, 5) is 8.24. The lowest BCUT2D eigenvalue weighted by Crippen LogP contribution is -2.04. The molecule has 0 fully saturated rings. The number of hydrogen-bond donors (Lipinski definition) is 1. The normalized spacial score (nSPS) is 14.6. The molecule has 0 radical (unpaired) electrons. The van der Waals surface area contributed by atoms with Crippen molar-refractivity contribution in [3.63, 3.8) is 0 Å². The summed E-state index contributed by atoms with van der Waals surface area (Å²) in [6.45, 7) is 0.596. The molecule has 1 aliphatic rings. The minimum atomic E-state index is -0.715. The van der Waals surface area contributed by atoms with Crippen LogP contribution in [-0.2, 0) is 6.54 Å². The highest BCUT2D eigenvalue weighted by atomic mass is 35.5. The highest BCUT2D eigenvalue weighted by molar-refractivity contribution is 6.31. The van der Waals surface area contributed by atoms with Crippen LogP contribution in [0.2, 0.25) is 5.02 Å².